The summed E-state index contributed by atoms with van der Waals surface area (Å²) in [5.74, 6) is -0.909. The Kier molecular flexibility index (Phi) is 47.4. The molecule has 0 aromatic heterocycles. The topological polar surface area (TPSA) is 78.9 Å². The fourth-order valence-corrected chi connectivity index (χ4v) is 7.08. The lowest BCUT2D eigenvalue weighted by Crippen LogP contribution is -2.30. The van der Waals surface area contributed by atoms with Crippen molar-refractivity contribution in [2.45, 2.75) is 258 Å². The van der Waals surface area contributed by atoms with Gasteiger partial charge in [-0.15, -0.1) is 0 Å². The summed E-state index contributed by atoms with van der Waals surface area (Å²) in [6.45, 7) is 6.47. The van der Waals surface area contributed by atoms with Crippen molar-refractivity contribution in [2.24, 2.45) is 0 Å². The van der Waals surface area contributed by atoms with Crippen LogP contribution in [0.2, 0.25) is 0 Å². The van der Waals surface area contributed by atoms with E-state index in [4.69, 9.17) is 14.2 Å². The molecular weight excluding hydrogens is 757 g/mol. The Morgan fingerprint density at radius 2 is 0.656 bits per heavy atom. The predicted molar refractivity (Wildman–Crippen MR) is 261 cm³/mol. The molecule has 6 nitrogen and oxygen atoms in total. The summed E-state index contributed by atoms with van der Waals surface area (Å²) in [6.07, 6.45) is 60.6. The zero-order valence-corrected chi connectivity index (χ0v) is 40.2. The van der Waals surface area contributed by atoms with E-state index in [1.807, 2.05) is 0 Å². The number of ether oxygens (including phenoxy) is 3. The molecule has 0 fully saturated rings. The Bertz CT molecular complexity index is 1120. The molecule has 0 rings (SSSR count). The van der Waals surface area contributed by atoms with E-state index >= 15 is 0 Å². The van der Waals surface area contributed by atoms with Gasteiger partial charge in [0.15, 0.2) is 6.10 Å². The first-order chi connectivity index (χ1) is 30.0. The van der Waals surface area contributed by atoms with Gasteiger partial charge in [0.25, 0.3) is 0 Å². The highest BCUT2D eigenvalue weighted by Crippen LogP contribution is 2.14. The minimum absolute atomic E-state index is 0.0849. The Hall–Kier alpha value is -2.89. The van der Waals surface area contributed by atoms with Crippen LogP contribution >= 0.6 is 0 Å². The van der Waals surface area contributed by atoms with E-state index in [9.17, 15) is 14.4 Å². The van der Waals surface area contributed by atoms with Gasteiger partial charge < -0.3 is 14.2 Å². The molecule has 352 valence electrons. The van der Waals surface area contributed by atoms with E-state index in [0.29, 0.717) is 19.3 Å². The molecule has 6 heteroatoms. The van der Waals surface area contributed by atoms with Crippen LogP contribution in [0, 0.1) is 0 Å². The predicted octanol–water partition coefficient (Wildman–Crippen LogP) is 16.9. The third kappa shape index (κ3) is 48.0. The summed E-state index contributed by atoms with van der Waals surface area (Å²) in [5.41, 5.74) is 0. The summed E-state index contributed by atoms with van der Waals surface area (Å²) in [6, 6.07) is 0. The minimum Gasteiger partial charge on any atom is -0.462 e. The van der Waals surface area contributed by atoms with Crippen molar-refractivity contribution in [3.05, 3.63) is 60.8 Å². The third-order valence-corrected chi connectivity index (χ3v) is 11.0. The quantitative estimate of drug-likeness (QED) is 0.0263. The number of rotatable bonds is 46. The van der Waals surface area contributed by atoms with E-state index < -0.39 is 6.10 Å². The van der Waals surface area contributed by atoms with Gasteiger partial charge in [-0.1, -0.05) is 197 Å². The fourth-order valence-electron chi connectivity index (χ4n) is 7.08. The van der Waals surface area contributed by atoms with Crippen molar-refractivity contribution in [2.75, 3.05) is 13.2 Å². The van der Waals surface area contributed by atoms with Crippen LogP contribution in [0.25, 0.3) is 0 Å². The van der Waals surface area contributed by atoms with Crippen molar-refractivity contribution in [1.29, 1.82) is 0 Å². The average molecular weight is 853 g/mol. The molecule has 0 radical (unpaired) electrons. The first-order valence-corrected chi connectivity index (χ1v) is 25.8. The maximum Gasteiger partial charge on any atom is 0.306 e. The fraction of sp³-hybridized carbons (Fsp3) is 0.764. The molecule has 0 saturated carbocycles. The van der Waals surface area contributed by atoms with Crippen LogP contribution in [0.5, 0.6) is 0 Å². The average Bonchev–Trinajstić information content (AvgIpc) is 3.26. The highest BCUT2D eigenvalue weighted by molar-refractivity contribution is 5.71. The molecule has 1 unspecified atom stereocenters. The lowest BCUT2D eigenvalue weighted by Gasteiger charge is -2.18. The molecule has 0 saturated heterocycles. The number of carbonyl (C=O) groups is 3. The van der Waals surface area contributed by atoms with E-state index in [1.54, 1.807) is 0 Å². The molecule has 0 bridgehead atoms. The summed E-state index contributed by atoms with van der Waals surface area (Å²) in [4.78, 5) is 37.9. The van der Waals surface area contributed by atoms with Crippen LogP contribution in [-0.2, 0) is 28.6 Å². The van der Waals surface area contributed by atoms with E-state index in [2.05, 4.69) is 81.5 Å². The maximum absolute atomic E-state index is 12.8. The molecule has 0 aliphatic carbocycles. The number of carbonyl (C=O) groups excluding carboxylic acids is 3. The molecular formula is C55H96O6. The zero-order chi connectivity index (χ0) is 44.4. The van der Waals surface area contributed by atoms with Gasteiger partial charge in [0.05, 0.1) is 0 Å². The Morgan fingerprint density at radius 1 is 0.344 bits per heavy atom. The zero-order valence-electron chi connectivity index (χ0n) is 40.2. The van der Waals surface area contributed by atoms with Gasteiger partial charge in [-0.3, -0.25) is 14.4 Å². The van der Waals surface area contributed by atoms with Crippen LogP contribution in [0.1, 0.15) is 252 Å². The first-order valence-electron chi connectivity index (χ1n) is 25.8. The Balaban J connectivity index is 4.39. The Morgan fingerprint density at radius 3 is 1.07 bits per heavy atom. The molecule has 61 heavy (non-hydrogen) atoms. The molecule has 0 N–H and O–H groups in total. The van der Waals surface area contributed by atoms with Gasteiger partial charge in [-0.05, 0) is 96.3 Å². The minimum atomic E-state index is -0.784. The van der Waals surface area contributed by atoms with Gasteiger partial charge in [-0.2, -0.15) is 0 Å². The second-order valence-corrected chi connectivity index (χ2v) is 17.0. The number of esters is 3. The van der Waals surface area contributed by atoms with Crippen molar-refractivity contribution in [3.8, 4) is 0 Å². The summed E-state index contributed by atoms with van der Waals surface area (Å²) in [5, 5.41) is 0. The largest absolute Gasteiger partial charge is 0.462 e. The monoisotopic (exact) mass is 853 g/mol. The van der Waals surface area contributed by atoms with Crippen LogP contribution in [0.4, 0.5) is 0 Å². The molecule has 0 spiro atoms. The molecule has 0 aromatic rings. The van der Waals surface area contributed by atoms with Crippen molar-refractivity contribution in [1.82, 2.24) is 0 Å². The normalized spacial score (nSPS) is 12.5. The molecule has 0 aromatic carbocycles. The second-order valence-electron chi connectivity index (χ2n) is 17.0. The van der Waals surface area contributed by atoms with E-state index in [-0.39, 0.29) is 31.1 Å². The highest BCUT2D eigenvalue weighted by Gasteiger charge is 2.19. The number of hydrogen-bond donors (Lipinski definition) is 0. The van der Waals surface area contributed by atoms with Crippen molar-refractivity contribution < 1.29 is 28.6 Å². The number of unbranched alkanes of at least 4 members (excludes halogenated alkanes) is 25. The van der Waals surface area contributed by atoms with Gasteiger partial charge in [0, 0.05) is 19.3 Å². The van der Waals surface area contributed by atoms with Crippen molar-refractivity contribution in [3.63, 3.8) is 0 Å². The Labute approximate surface area is 377 Å². The third-order valence-electron chi connectivity index (χ3n) is 11.0. The summed E-state index contributed by atoms with van der Waals surface area (Å²) >= 11 is 0. The molecule has 0 amide bonds. The highest BCUT2D eigenvalue weighted by atomic mass is 16.6. The maximum atomic E-state index is 12.8. The first kappa shape index (κ1) is 58.1. The SMILES string of the molecule is CC/C=C\C/C=C\C/C=C\CCCCCCCCCC(=O)OCC(COC(=O)CCCCCCC/C=C\CCCC)OC(=O)CCCCCCC/C=C\CCCCCCCC. The van der Waals surface area contributed by atoms with E-state index in [0.717, 1.165) is 103 Å². The van der Waals surface area contributed by atoms with Gasteiger partial charge in [-0.25, -0.2) is 0 Å². The number of hydrogen-bond acceptors (Lipinski definition) is 6. The number of allylic oxidation sites excluding steroid dienone is 10. The summed E-state index contributed by atoms with van der Waals surface area (Å²) < 4.78 is 16.8. The standard InChI is InChI=1S/C55H96O6/c1-4-7-10-13-16-19-22-24-26-27-29-30-33-36-39-42-45-48-54(57)60-51-52(50-59-53(56)47-44-41-38-35-32-21-18-15-12-9-6-3)61-55(58)49-46-43-40-37-34-31-28-25-23-20-17-14-11-8-5-2/h7,10,15-16,18-19,24-26,28,52H,4-6,8-9,11-14,17,20-23,27,29-51H2,1-3H3/b10-7-,18-15-,19-16-,26-24-,28-25-. The van der Waals surface area contributed by atoms with E-state index in [1.165, 1.54) is 109 Å². The van der Waals surface area contributed by atoms with Gasteiger partial charge in [0.2, 0.25) is 0 Å². The molecule has 0 heterocycles. The lowest BCUT2D eigenvalue weighted by atomic mass is 10.1. The smallest absolute Gasteiger partial charge is 0.306 e. The molecule has 0 aliphatic rings. The second kappa shape index (κ2) is 49.8. The van der Waals surface area contributed by atoms with Crippen LogP contribution < -0.4 is 0 Å². The van der Waals surface area contributed by atoms with Crippen LogP contribution in [0.3, 0.4) is 0 Å². The molecule has 1 atom stereocenters. The lowest BCUT2D eigenvalue weighted by molar-refractivity contribution is -0.167. The van der Waals surface area contributed by atoms with Crippen LogP contribution in [0.15, 0.2) is 60.8 Å². The van der Waals surface area contributed by atoms with Crippen LogP contribution in [-0.4, -0.2) is 37.2 Å². The molecule has 0 aliphatic heterocycles. The van der Waals surface area contributed by atoms with Gasteiger partial charge in [0.1, 0.15) is 13.2 Å². The van der Waals surface area contributed by atoms with Gasteiger partial charge >= 0.3 is 17.9 Å². The van der Waals surface area contributed by atoms with Crippen molar-refractivity contribution >= 4 is 17.9 Å². The summed E-state index contributed by atoms with van der Waals surface area (Å²) in [7, 11) is 0.